The van der Waals surface area contributed by atoms with Gasteiger partial charge in [-0.2, -0.15) is 0 Å². The summed E-state index contributed by atoms with van der Waals surface area (Å²) < 4.78 is 5.72. The second-order valence-electron chi connectivity index (χ2n) is 4.19. The smallest absolute Gasteiger partial charge is 0.334 e. The first-order valence-electron chi connectivity index (χ1n) is 5.67. The highest BCUT2D eigenvalue weighted by molar-refractivity contribution is 9.10. The Kier molecular flexibility index (Phi) is 4.06. The number of rotatable bonds is 2. The molecule has 1 heterocycles. The summed E-state index contributed by atoms with van der Waals surface area (Å²) in [6.07, 6.45) is -0.963. The Morgan fingerprint density at radius 3 is 2.84 bits per heavy atom. The van der Waals surface area contributed by atoms with E-state index < -0.39 is 12.1 Å². The summed E-state index contributed by atoms with van der Waals surface area (Å²) in [5, 5.41) is 8.90. The lowest BCUT2D eigenvalue weighted by Gasteiger charge is -2.31. The van der Waals surface area contributed by atoms with Gasteiger partial charge >= 0.3 is 5.97 Å². The number of nitrogens with zero attached hydrogens (tertiary/aromatic N) is 1. The molecule has 0 aromatic heterocycles. The van der Waals surface area contributed by atoms with Gasteiger partial charge in [-0.25, -0.2) is 4.79 Å². The van der Waals surface area contributed by atoms with E-state index in [9.17, 15) is 9.59 Å². The lowest BCUT2D eigenvalue weighted by atomic mass is 10.1. The van der Waals surface area contributed by atoms with Crippen LogP contribution in [0.2, 0.25) is 0 Å². The van der Waals surface area contributed by atoms with Gasteiger partial charge in [0.15, 0.2) is 6.10 Å². The maximum Gasteiger partial charge on any atom is 0.334 e. The van der Waals surface area contributed by atoms with Crippen molar-refractivity contribution in [2.24, 2.45) is 0 Å². The van der Waals surface area contributed by atoms with Crippen LogP contribution in [0.1, 0.15) is 10.4 Å². The number of carbonyl (C=O) groups is 2. The molecule has 7 heteroatoms. The van der Waals surface area contributed by atoms with Crippen molar-refractivity contribution in [3.8, 4) is 0 Å². The molecule has 1 aliphatic heterocycles. The summed E-state index contributed by atoms with van der Waals surface area (Å²) in [5.41, 5.74) is 6.67. The molecule has 19 heavy (non-hydrogen) atoms. The number of hydrogen-bond donors (Lipinski definition) is 2. The normalized spacial score (nSPS) is 19.2. The van der Waals surface area contributed by atoms with Crippen molar-refractivity contribution in [1.29, 1.82) is 0 Å². The van der Waals surface area contributed by atoms with Crippen molar-refractivity contribution in [2.45, 2.75) is 6.10 Å². The van der Waals surface area contributed by atoms with Crippen molar-refractivity contribution in [2.75, 3.05) is 25.4 Å². The fourth-order valence-electron chi connectivity index (χ4n) is 1.83. The van der Waals surface area contributed by atoms with E-state index in [0.717, 1.165) is 0 Å². The van der Waals surface area contributed by atoms with Crippen molar-refractivity contribution >= 4 is 33.5 Å². The first-order chi connectivity index (χ1) is 8.99. The third-order valence-electron chi connectivity index (χ3n) is 2.88. The van der Waals surface area contributed by atoms with Gasteiger partial charge in [0.1, 0.15) is 0 Å². The molecule has 0 radical (unpaired) electrons. The molecule has 1 aliphatic rings. The average Bonchev–Trinajstić information content (AvgIpc) is 2.41. The van der Waals surface area contributed by atoms with Crippen LogP contribution >= 0.6 is 15.9 Å². The topological polar surface area (TPSA) is 92.9 Å². The Balaban J connectivity index is 2.14. The molecule has 2 rings (SSSR count). The van der Waals surface area contributed by atoms with E-state index in [-0.39, 0.29) is 19.1 Å². The average molecular weight is 329 g/mol. The Morgan fingerprint density at radius 2 is 2.21 bits per heavy atom. The number of nitrogen functional groups attached to an aromatic ring is 1. The first-order valence-corrected chi connectivity index (χ1v) is 6.47. The van der Waals surface area contributed by atoms with Crippen LogP contribution in [0, 0.1) is 0 Å². The molecule has 1 unspecified atom stereocenters. The molecule has 1 aromatic carbocycles. The van der Waals surface area contributed by atoms with Crippen molar-refractivity contribution in [3.05, 3.63) is 28.2 Å². The lowest BCUT2D eigenvalue weighted by molar-refractivity contribution is -0.154. The molecule has 1 aromatic rings. The van der Waals surface area contributed by atoms with Crippen molar-refractivity contribution in [1.82, 2.24) is 4.90 Å². The molecule has 1 amide bonds. The minimum absolute atomic E-state index is 0.0517. The van der Waals surface area contributed by atoms with E-state index in [2.05, 4.69) is 15.9 Å². The van der Waals surface area contributed by atoms with Crippen LogP contribution in [0.25, 0.3) is 0 Å². The SMILES string of the molecule is Nc1ccc(C(=O)N2CCOC(C(=O)O)C2)cc1Br. The molecule has 1 fully saturated rings. The highest BCUT2D eigenvalue weighted by Gasteiger charge is 2.29. The van der Waals surface area contributed by atoms with Crippen LogP contribution in [-0.4, -0.2) is 47.7 Å². The zero-order valence-electron chi connectivity index (χ0n) is 10.0. The Labute approximate surface area is 118 Å². The number of carboxylic acid groups (broad SMARTS) is 1. The monoisotopic (exact) mass is 328 g/mol. The van der Waals surface area contributed by atoms with Gasteiger partial charge < -0.3 is 20.5 Å². The van der Waals surface area contributed by atoms with E-state index in [4.69, 9.17) is 15.6 Å². The number of amides is 1. The van der Waals surface area contributed by atoms with Gasteiger partial charge in [-0.15, -0.1) is 0 Å². The number of ether oxygens (including phenoxy) is 1. The summed E-state index contributed by atoms with van der Waals surface area (Å²) in [6.45, 7) is 0.652. The van der Waals surface area contributed by atoms with E-state index >= 15 is 0 Å². The molecular weight excluding hydrogens is 316 g/mol. The highest BCUT2D eigenvalue weighted by Crippen LogP contribution is 2.21. The molecule has 1 saturated heterocycles. The largest absolute Gasteiger partial charge is 0.479 e. The fourth-order valence-corrected chi connectivity index (χ4v) is 2.20. The highest BCUT2D eigenvalue weighted by atomic mass is 79.9. The zero-order valence-corrected chi connectivity index (χ0v) is 11.6. The molecule has 6 nitrogen and oxygen atoms in total. The van der Waals surface area contributed by atoms with Crippen LogP contribution in [0.5, 0.6) is 0 Å². The van der Waals surface area contributed by atoms with E-state index in [1.54, 1.807) is 18.2 Å². The minimum atomic E-state index is -1.06. The number of benzene rings is 1. The van der Waals surface area contributed by atoms with Gasteiger partial charge in [0.05, 0.1) is 13.2 Å². The molecule has 0 aliphatic carbocycles. The Bertz CT molecular complexity index is 520. The van der Waals surface area contributed by atoms with E-state index in [1.165, 1.54) is 4.90 Å². The number of carbonyl (C=O) groups excluding carboxylic acids is 1. The molecule has 0 saturated carbocycles. The van der Waals surface area contributed by atoms with Crippen LogP contribution in [0.15, 0.2) is 22.7 Å². The third kappa shape index (κ3) is 3.05. The number of morpholine rings is 1. The number of anilines is 1. The van der Waals surface area contributed by atoms with Crippen LogP contribution in [-0.2, 0) is 9.53 Å². The second kappa shape index (κ2) is 5.58. The molecule has 102 valence electrons. The van der Waals surface area contributed by atoms with Crippen LogP contribution in [0.4, 0.5) is 5.69 Å². The van der Waals surface area contributed by atoms with Crippen molar-refractivity contribution in [3.63, 3.8) is 0 Å². The number of nitrogens with two attached hydrogens (primary N) is 1. The second-order valence-corrected chi connectivity index (χ2v) is 5.04. The number of carboxylic acids is 1. The maximum atomic E-state index is 12.2. The van der Waals surface area contributed by atoms with Crippen LogP contribution in [0.3, 0.4) is 0 Å². The quantitative estimate of drug-likeness (QED) is 0.789. The van der Waals surface area contributed by atoms with Gasteiger partial charge in [0.25, 0.3) is 5.91 Å². The molecular formula is C12H13BrN2O4. The maximum absolute atomic E-state index is 12.2. The molecule has 1 atom stereocenters. The zero-order chi connectivity index (χ0) is 14.0. The van der Waals surface area contributed by atoms with Gasteiger partial charge in [-0.05, 0) is 34.1 Å². The van der Waals surface area contributed by atoms with Crippen LogP contribution < -0.4 is 5.73 Å². The van der Waals surface area contributed by atoms with E-state index in [0.29, 0.717) is 22.3 Å². The van der Waals surface area contributed by atoms with Gasteiger partial charge in [-0.3, -0.25) is 4.79 Å². The van der Waals surface area contributed by atoms with Crippen molar-refractivity contribution < 1.29 is 19.4 Å². The minimum Gasteiger partial charge on any atom is -0.479 e. The number of hydrogen-bond acceptors (Lipinski definition) is 4. The molecule has 0 spiro atoms. The summed E-state index contributed by atoms with van der Waals surface area (Å²) in [5.74, 6) is -1.29. The first kappa shape index (κ1) is 13.8. The Morgan fingerprint density at radius 1 is 1.47 bits per heavy atom. The standard InChI is InChI=1S/C12H13BrN2O4/c13-8-5-7(1-2-9(8)14)11(16)15-3-4-19-10(6-15)12(17)18/h1-2,5,10H,3-4,6,14H2,(H,17,18). The predicted octanol–water partition coefficient (Wildman–Crippen LogP) is 0.957. The molecule has 3 N–H and O–H groups in total. The summed E-state index contributed by atoms with van der Waals surface area (Å²) in [6, 6.07) is 4.88. The summed E-state index contributed by atoms with van der Waals surface area (Å²) in [4.78, 5) is 24.6. The Hall–Kier alpha value is -1.60. The summed E-state index contributed by atoms with van der Waals surface area (Å²) in [7, 11) is 0. The van der Waals surface area contributed by atoms with Gasteiger partial charge in [0, 0.05) is 22.3 Å². The van der Waals surface area contributed by atoms with Gasteiger partial charge in [-0.1, -0.05) is 0 Å². The lowest BCUT2D eigenvalue weighted by Crippen LogP contribution is -2.48. The van der Waals surface area contributed by atoms with Gasteiger partial charge in [0.2, 0.25) is 0 Å². The third-order valence-corrected chi connectivity index (χ3v) is 3.56. The fraction of sp³-hybridized carbons (Fsp3) is 0.333. The van der Waals surface area contributed by atoms with E-state index in [1.807, 2.05) is 0 Å². The molecule has 0 bridgehead atoms. The predicted molar refractivity (Wildman–Crippen MR) is 71.8 cm³/mol. The number of aliphatic carboxylic acids is 1. The number of halogens is 1. The summed E-state index contributed by atoms with van der Waals surface area (Å²) >= 11 is 3.26.